The van der Waals surface area contributed by atoms with Crippen LogP contribution in [-0.4, -0.2) is 53.0 Å². The quantitative estimate of drug-likeness (QED) is 0.759. The van der Waals surface area contributed by atoms with Crippen molar-refractivity contribution in [2.75, 3.05) is 41.0 Å². The van der Waals surface area contributed by atoms with Crippen molar-refractivity contribution in [1.82, 2.24) is 10.6 Å². The molecule has 7 nitrogen and oxygen atoms in total. The van der Waals surface area contributed by atoms with Gasteiger partial charge in [0.15, 0.2) is 11.5 Å². The Morgan fingerprint density at radius 3 is 2.46 bits per heavy atom. The van der Waals surface area contributed by atoms with E-state index in [1.54, 1.807) is 33.5 Å². The predicted molar refractivity (Wildman–Crippen MR) is 92.4 cm³/mol. The largest absolute Gasteiger partial charge is 0.496 e. The molecule has 0 aliphatic carbocycles. The van der Waals surface area contributed by atoms with Gasteiger partial charge in [0, 0.05) is 31.3 Å². The average molecular weight is 361 g/mol. The summed E-state index contributed by atoms with van der Waals surface area (Å²) in [5.41, 5.74) is 0.821. The van der Waals surface area contributed by atoms with E-state index in [-0.39, 0.29) is 24.4 Å². The lowest BCUT2D eigenvalue weighted by Crippen LogP contribution is -2.41. The molecule has 8 heteroatoms. The highest BCUT2D eigenvalue weighted by molar-refractivity contribution is 5.85. The minimum Gasteiger partial charge on any atom is -0.496 e. The number of benzene rings is 1. The molecule has 0 bridgehead atoms. The van der Waals surface area contributed by atoms with Gasteiger partial charge in [-0.15, -0.1) is 12.4 Å². The second-order valence-corrected chi connectivity index (χ2v) is 5.20. The molecule has 2 N–H and O–H groups in total. The topological polar surface area (TPSA) is 78.0 Å². The molecule has 0 aromatic heterocycles. The van der Waals surface area contributed by atoms with Crippen LogP contribution >= 0.6 is 12.4 Å². The molecule has 1 atom stereocenters. The number of hydrogen-bond donors (Lipinski definition) is 2. The summed E-state index contributed by atoms with van der Waals surface area (Å²) in [4.78, 5) is 12.0. The minimum atomic E-state index is -0.0731. The summed E-state index contributed by atoms with van der Waals surface area (Å²) in [5, 5.41) is 6.09. The second kappa shape index (κ2) is 10.2. The Bertz CT molecular complexity index is 535. The Labute approximate surface area is 148 Å². The molecule has 0 spiro atoms. The number of morpholine rings is 1. The summed E-state index contributed by atoms with van der Waals surface area (Å²) >= 11 is 0. The number of nitrogens with one attached hydrogen (secondary N) is 2. The molecular formula is C16H25ClN2O5. The average Bonchev–Trinajstić information content (AvgIpc) is 2.59. The van der Waals surface area contributed by atoms with Crippen LogP contribution in [0.5, 0.6) is 17.2 Å². The van der Waals surface area contributed by atoms with Crippen LogP contribution in [0.15, 0.2) is 12.1 Å². The highest BCUT2D eigenvalue weighted by Gasteiger charge is 2.18. The molecule has 1 aliphatic rings. The molecular weight excluding hydrogens is 336 g/mol. The van der Waals surface area contributed by atoms with Gasteiger partial charge in [0.2, 0.25) is 5.91 Å². The van der Waals surface area contributed by atoms with Gasteiger partial charge >= 0.3 is 0 Å². The molecule has 0 saturated carbocycles. The maximum Gasteiger partial charge on any atom is 0.222 e. The fraction of sp³-hybridized carbons (Fsp3) is 0.562. The van der Waals surface area contributed by atoms with Crippen LogP contribution in [0.4, 0.5) is 0 Å². The highest BCUT2D eigenvalue weighted by atomic mass is 35.5. The third-order valence-electron chi connectivity index (χ3n) is 3.68. The molecule has 1 aliphatic heterocycles. The molecule has 1 heterocycles. The summed E-state index contributed by atoms with van der Waals surface area (Å²) in [6.45, 7) is 2.53. The van der Waals surface area contributed by atoms with Gasteiger partial charge in [0.1, 0.15) is 5.75 Å². The lowest BCUT2D eigenvalue weighted by Gasteiger charge is -2.23. The van der Waals surface area contributed by atoms with Crippen molar-refractivity contribution in [3.05, 3.63) is 17.7 Å². The number of ether oxygens (including phenoxy) is 4. The van der Waals surface area contributed by atoms with E-state index in [1.165, 1.54) is 0 Å². The summed E-state index contributed by atoms with van der Waals surface area (Å²) < 4.78 is 21.4. The Morgan fingerprint density at radius 1 is 1.21 bits per heavy atom. The van der Waals surface area contributed by atoms with E-state index in [4.69, 9.17) is 18.9 Å². The van der Waals surface area contributed by atoms with E-state index < -0.39 is 0 Å². The zero-order valence-electron chi connectivity index (χ0n) is 14.2. The van der Waals surface area contributed by atoms with Crippen LogP contribution in [-0.2, 0) is 16.1 Å². The van der Waals surface area contributed by atoms with Crippen molar-refractivity contribution < 1.29 is 23.7 Å². The van der Waals surface area contributed by atoms with Gasteiger partial charge in [-0.1, -0.05) is 0 Å². The number of carbonyl (C=O) groups is 1. The molecule has 1 saturated heterocycles. The van der Waals surface area contributed by atoms with Crippen LogP contribution < -0.4 is 24.8 Å². The highest BCUT2D eigenvalue weighted by Crippen LogP contribution is 2.34. The Hall–Kier alpha value is -1.70. The van der Waals surface area contributed by atoms with Crippen LogP contribution in [0.2, 0.25) is 0 Å². The van der Waals surface area contributed by atoms with Gasteiger partial charge in [-0.3, -0.25) is 4.79 Å². The van der Waals surface area contributed by atoms with Crippen molar-refractivity contribution in [2.24, 2.45) is 0 Å². The standard InChI is InChI=1S/C16H24N2O5.ClH/c1-20-13-8-15(22-3)14(21-2)6-11(13)9-18-16(19)7-12-10-17-4-5-23-12;/h6,8,12,17H,4-5,7,9-10H2,1-3H3,(H,18,19);1H. The smallest absolute Gasteiger partial charge is 0.222 e. The number of amides is 1. The van der Waals surface area contributed by atoms with Crippen molar-refractivity contribution in [3.63, 3.8) is 0 Å². The monoisotopic (exact) mass is 360 g/mol. The predicted octanol–water partition coefficient (Wildman–Crippen LogP) is 1.13. The fourth-order valence-corrected chi connectivity index (χ4v) is 2.45. The number of methoxy groups -OCH3 is 3. The van der Waals surface area contributed by atoms with Gasteiger partial charge in [-0.05, 0) is 6.07 Å². The molecule has 24 heavy (non-hydrogen) atoms. The van der Waals surface area contributed by atoms with Gasteiger partial charge in [-0.25, -0.2) is 0 Å². The van der Waals surface area contributed by atoms with Crippen LogP contribution in [0.3, 0.4) is 0 Å². The minimum absolute atomic E-state index is 0. The molecule has 136 valence electrons. The zero-order chi connectivity index (χ0) is 16.7. The number of carbonyl (C=O) groups excluding carboxylic acids is 1. The third-order valence-corrected chi connectivity index (χ3v) is 3.68. The van der Waals surface area contributed by atoms with Gasteiger partial charge < -0.3 is 29.6 Å². The molecule has 1 aromatic rings. The first-order chi connectivity index (χ1) is 11.2. The lowest BCUT2D eigenvalue weighted by molar-refractivity contribution is -0.124. The number of rotatable bonds is 7. The number of hydrogen-bond acceptors (Lipinski definition) is 6. The van der Waals surface area contributed by atoms with E-state index in [0.29, 0.717) is 43.4 Å². The summed E-state index contributed by atoms with van der Waals surface area (Å²) in [5.74, 6) is 1.76. The van der Waals surface area contributed by atoms with Gasteiger partial charge in [0.05, 0.1) is 40.5 Å². The van der Waals surface area contributed by atoms with Gasteiger partial charge in [0.25, 0.3) is 0 Å². The Morgan fingerprint density at radius 2 is 1.88 bits per heavy atom. The van der Waals surface area contributed by atoms with E-state index in [9.17, 15) is 4.79 Å². The van der Waals surface area contributed by atoms with Crippen molar-refractivity contribution in [1.29, 1.82) is 0 Å². The normalized spacial score (nSPS) is 16.7. The van der Waals surface area contributed by atoms with Crippen molar-refractivity contribution >= 4 is 18.3 Å². The summed E-state index contributed by atoms with van der Waals surface area (Å²) in [6, 6.07) is 3.55. The second-order valence-electron chi connectivity index (χ2n) is 5.20. The van der Waals surface area contributed by atoms with E-state index in [1.807, 2.05) is 0 Å². The molecule has 1 amide bonds. The van der Waals surface area contributed by atoms with Crippen molar-refractivity contribution in [3.8, 4) is 17.2 Å². The van der Waals surface area contributed by atoms with E-state index in [0.717, 1.165) is 12.1 Å². The van der Waals surface area contributed by atoms with E-state index in [2.05, 4.69) is 10.6 Å². The Kier molecular flexibility index (Phi) is 8.67. The fourth-order valence-electron chi connectivity index (χ4n) is 2.45. The molecule has 1 fully saturated rings. The first-order valence-electron chi connectivity index (χ1n) is 7.55. The SMILES string of the molecule is COc1cc(OC)c(OC)cc1CNC(=O)CC1CNCCO1.Cl. The first-order valence-corrected chi connectivity index (χ1v) is 7.55. The van der Waals surface area contributed by atoms with E-state index >= 15 is 0 Å². The third kappa shape index (κ3) is 5.43. The summed E-state index contributed by atoms with van der Waals surface area (Å²) in [6.07, 6.45) is 0.263. The molecule has 0 radical (unpaired) electrons. The Balaban J connectivity index is 0.00000288. The number of halogens is 1. The first kappa shape index (κ1) is 20.3. The molecule has 1 aromatic carbocycles. The van der Waals surface area contributed by atoms with Crippen LogP contribution in [0.25, 0.3) is 0 Å². The maximum atomic E-state index is 12.0. The summed E-state index contributed by atoms with van der Waals surface area (Å²) in [7, 11) is 4.71. The maximum absolute atomic E-state index is 12.0. The molecule has 1 unspecified atom stereocenters. The van der Waals surface area contributed by atoms with Gasteiger partial charge in [-0.2, -0.15) is 0 Å². The van der Waals surface area contributed by atoms with Crippen LogP contribution in [0.1, 0.15) is 12.0 Å². The lowest BCUT2D eigenvalue weighted by atomic mass is 10.1. The molecule has 2 rings (SSSR count). The van der Waals surface area contributed by atoms with Crippen LogP contribution in [0, 0.1) is 0 Å². The zero-order valence-corrected chi connectivity index (χ0v) is 15.0. The van der Waals surface area contributed by atoms with Crippen molar-refractivity contribution in [2.45, 2.75) is 19.1 Å².